The monoisotopic (exact) mass is 394 g/mol. The number of benzene rings is 2. The Labute approximate surface area is 160 Å². The van der Waals surface area contributed by atoms with Crippen molar-refractivity contribution in [1.82, 2.24) is 0 Å². The van der Waals surface area contributed by atoms with E-state index in [1.54, 1.807) is 6.92 Å². The van der Waals surface area contributed by atoms with Crippen LogP contribution in [0, 0.1) is 6.92 Å². The van der Waals surface area contributed by atoms with Gasteiger partial charge in [-0.1, -0.05) is 17.7 Å². The molecule has 2 aromatic carbocycles. The number of alkyl halides is 2. The molecule has 144 valence electrons. The lowest BCUT2D eigenvalue weighted by Crippen LogP contribution is -2.25. The summed E-state index contributed by atoms with van der Waals surface area (Å²) in [6.07, 6.45) is 0. The van der Waals surface area contributed by atoms with Crippen LogP contribution in [0.15, 0.2) is 48.5 Å². The summed E-state index contributed by atoms with van der Waals surface area (Å²) in [5.41, 5.74) is 2.26. The number of rotatable bonds is 8. The third-order valence-electron chi connectivity index (χ3n) is 3.52. The van der Waals surface area contributed by atoms with Gasteiger partial charge >= 0.3 is 6.61 Å². The Balaban J connectivity index is 1.77. The van der Waals surface area contributed by atoms with Crippen molar-refractivity contribution < 1.29 is 23.1 Å². The fourth-order valence-electron chi connectivity index (χ4n) is 2.07. The van der Waals surface area contributed by atoms with Crippen molar-refractivity contribution in [3.05, 3.63) is 54.1 Å². The van der Waals surface area contributed by atoms with E-state index in [-0.39, 0.29) is 23.3 Å². The van der Waals surface area contributed by atoms with Gasteiger partial charge in [0.15, 0.2) is 0 Å². The maximum Gasteiger partial charge on any atom is 0.387 e. The third kappa shape index (κ3) is 7.26. The molecule has 1 atom stereocenters. The summed E-state index contributed by atoms with van der Waals surface area (Å²) in [5.74, 6) is -0.343. The molecule has 0 aliphatic rings. The van der Waals surface area contributed by atoms with E-state index in [0.717, 1.165) is 5.56 Å². The lowest BCUT2D eigenvalue weighted by atomic mass is 10.2. The van der Waals surface area contributed by atoms with E-state index in [2.05, 4.69) is 15.4 Å². The second-order valence-electron chi connectivity index (χ2n) is 5.76. The molecular weight excluding hydrogens is 374 g/mol. The molecular formula is C19H20F2N2O3S. The van der Waals surface area contributed by atoms with Crippen molar-refractivity contribution in [1.29, 1.82) is 0 Å². The smallest absolute Gasteiger partial charge is 0.387 e. The first-order valence-corrected chi connectivity index (χ1v) is 9.22. The van der Waals surface area contributed by atoms with Gasteiger partial charge in [-0.25, -0.2) is 0 Å². The number of halogens is 2. The normalized spacial score (nSPS) is 11.7. The summed E-state index contributed by atoms with van der Waals surface area (Å²) < 4.78 is 28.5. The Bertz CT molecular complexity index is 768. The minimum atomic E-state index is -2.90. The molecule has 0 heterocycles. The molecule has 0 spiro atoms. The molecule has 0 saturated carbocycles. The molecule has 0 radical (unpaired) electrons. The Morgan fingerprint density at radius 2 is 1.56 bits per heavy atom. The number of anilines is 2. The van der Waals surface area contributed by atoms with Crippen LogP contribution < -0.4 is 15.4 Å². The summed E-state index contributed by atoms with van der Waals surface area (Å²) in [6, 6.07) is 13.1. The highest BCUT2D eigenvalue weighted by molar-refractivity contribution is 8.01. The van der Waals surface area contributed by atoms with Crippen molar-refractivity contribution in [2.75, 3.05) is 16.4 Å². The fourth-order valence-corrected chi connectivity index (χ4v) is 2.76. The van der Waals surface area contributed by atoms with Crippen LogP contribution in [-0.4, -0.2) is 29.4 Å². The average Bonchev–Trinajstić information content (AvgIpc) is 2.62. The molecule has 8 heteroatoms. The van der Waals surface area contributed by atoms with Gasteiger partial charge in [0.25, 0.3) is 0 Å². The molecule has 0 aromatic heterocycles. The van der Waals surface area contributed by atoms with Gasteiger partial charge in [-0.2, -0.15) is 8.78 Å². The van der Waals surface area contributed by atoms with Crippen LogP contribution in [0.3, 0.4) is 0 Å². The minimum absolute atomic E-state index is 0.0122. The minimum Gasteiger partial charge on any atom is -0.435 e. The molecule has 0 aliphatic carbocycles. The van der Waals surface area contributed by atoms with Crippen LogP contribution in [0.25, 0.3) is 0 Å². The van der Waals surface area contributed by atoms with Crippen LogP contribution in [0.2, 0.25) is 0 Å². The van der Waals surface area contributed by atoms with E-state index in [9.17, 15) is 18.4 Å². The predicted octanol–water partition coefficient (Wildman–Crippen LogP) is 4.30. The Hall–Kier alpha value is -2.61. The van der Waals surface area contributed by atoms with Gasteiger partial charge in [0.1, 0.15) is 5.75 Å². The van der Waals surface area contributed by atoms with E-state index in [1.807, 2.05) is 31.2 Å². The first-order chi connectivity index (χ1) is 12.8. The summed E-state index contributed by atoms with van der Waals surface area (Å²) in [4.78, 5) is 24.1. The van der Waals surface area contributed by atoms with E-state index in [1.165, 1.54) is 36.0 Å². The van der Waals surface area contributed by atoms with E-state index >= 15 is 0 Å². The van der Waals surface area contributed by atoms with Crippen molar-refractivity contribution >= 4 is 35.0 Å². The molecule has 5 nitrogen and oxygen atoms in total. The summed E-state index contributed by atoms with van der Waals surface area (Å²) >= 11 is 1.20. The number of hydrogen-bond acceptors (Lipinski definition) is 4. The Morgan fingerprint density at radius 3 is 2.15 bits per heavy atom. The van der Waals surface area contributed by atoms with Crippen LogP contribution >= 0.6 is 11.8 Å². The first-order valence-electron chi connectivity index (χ1n) is 8.17. The quantitative estimate of drug-likeness (QED) is 0.701. The highest BCUT2D eigenvalue weighted by Crippen LogP contribution is 2.19. The molecule has 0 bridgehead atoms. The first kappa shape index (κ1) is 20.7. The zero-order chi connectivity index (χ0) is 19.8. The molecule has 2 aromatic rings. The molecule has 0 fully saturated rings. The molecule has 27 heavy (non-hydrogen) atoms. The van der Waals surface area contributed by atoms with Crippen LogP contribution in [0.5, 0.6) is 5.75 Å². The van der Waals surface area contributed by atoms with E-state index in [4.69, 9.17) is 0 Å². The van der Waals surface area contributed by atoms with E-state index < -0.39 is 11.9 Å². The highest BCUT2D eigenvalue weighted by atomic mass is 32.2. The molecule has 0 aliphatic heterocycles. The number of thioether (sulfide) groups is 1. The number of aryl methyl sites for hydroxylation is 1. The van der Waals surface area contributed by atoms with Gasteiger partial charge in [0.2, 0.25) is 11.8 Å². The fraction of sp³-hybridized carbons (Fsp3) is 0.263. The predicted molar refractivity (Wildman–Crippen MR) is 103 cm³/mol. The Kier molecular flexibility index (Phi) is 7.60. The molecule has 2 amide bonds. The largest absolute Gasteiger partial charge is 0.435 e. The van der Waals surface area contributed by atoms with Gasteiger partial charge in [0.05, 0.1) is 11.0 Å². The van der Waals surface area contributed by atoms with Gasteiger partial charge in [-0.05, 0) is 50.2 Å². The Morgan fingerprint density at radius 1 is 1.00 bits per heavy atom. The molecule has 0 saturated heterocycles. The summed E-state index contributed by atoms with van der Waals surface area (Å²) in [5, 5.41) is 4.97. The molecule has 2 N–H and O–H groups in total. The van der Waals surface area contributed by atoms with Gasteiger partial charge in [-0.3, -0.25) is 9.59 Å². The SMILES string of the molecule is Cc1ccc(NC(=O)CSC(C)C(=O)Nc2ccc(OC(F)F)cc2)cc1. The van der Waals surface area contributed by atoms with Crippen LogP contribution in [-0.2, 0) is 9.59 Å². The maximum absolute atomic E-state index is 12.2. The summed E-state index contributed by atoms with van der Waals surface area (Å²) in [7, 11) is 0. The summed E-state index contributed by atoms with van der Waals surface area (Å²) in [6.45, 7) is 0.752. The lowest BCUT2D eigenvalue weighted by molar-refractivity contribution is -0.115. The van der Waals surface area contributed by atoms with Crippen molar-refractivity contribution in [2.45, 2.75) is 25.7 Å². The van der Waals surface area contributed by atoms with Crippen molar-refractivity contribution in [3.63, 3.8) is 0 Å². The van der Waals surface area contributed by atoms with Crippen LogP contribution in [0.1, 0.15) is 12.5 Å². The standard InChI is InChI=1S/C19H20F2N2O3S/c1-12-3-5-14(6-4-12)22-17(24)11-27-13(2)18(25)23-15-7-9-16(10-8-15)26-19(20)21/h3-10,13,19H,11H2,1-2H3,(H,22,24)(H,23,25). The van der Waals surface area contributed by atoms with E-state index in [0.29, 0.717) is 11.4 Å². The lowest BCUT2D eigenvalue weighted by Gasteiger charge is -2.13. The highest BCUT2D eigenvalue weighted by Gasteiger charge is 2.16. The van der Waals surface area contributed by atoms with Crippen LogP contribution in [0.4, 0.5) is 20.2 Å². The zero-order valence-corrected chi connectivity index (χ0v) is 15.7. The van der Waals surface area contributed by atoms with Gasteiger partial charge in [0, 0.05) is 11.4 Å². The van der Waals surface area contributed by atoms with Gasteiger partial charge in [-0.15, -0.1) is 11.8 Å². The topological polar surface area (TPSA) is 67.4 Å². The number of amides is 2. The van der Waals surface area contributed by atoms with Crippen molar-refractivity contribution in [2.24, 2.45) is 0 Å². The molecule has 2 rings (SSSR count). The van der Waals surface area contributed by atoms with Crippen molar-refractivity contribution in [3.8, 4) is 5.75 Å². The molecule has 1 unspecified atom stereocenters. The average molecular weight is 394 g/mol. The number of carbonyl (C=O) groups excluding carboxylic acids is 2. The number of carbonyl (C=O) groups is 2. The maximum atomic E-state index is 12.2. The number of nitrogens with one attached hydrogen (secondary N) is 2. The van der Waals surface area contributed by atoms with Gasteiger partial charge < -0.3 is 15.4 Å². The third-order valence-corrected chi connectivity index (χ3v) is 4.66. The second kappa shape index (κ2) is 9.91. The number of ether oxygens (including phenoxy) is 1. The number of hydrogen-bond donors (Lipinski definition) is 2. The second-order valence-corrected chi connectivity index (χ2v) is 7.09. The zero-order valence-electron chi connectivity index (χ0n) is 14.9.